The van der Waals surface area contributed by atoms with Crippen molar-refractivity contribution in [3.05, 3.63) is 28.3 Å². The molecule has 3 nitrogen and oxygen atoms in total. The standard InChI is InChI=1S/C12H11ClF2O3/c1-6-4-9(18-11(14)15)7(5-8(6)13)12(2-3-12)10(16)17/h4-5,11H,2-3H2,1H3,(H,16,17). The third-order valence-electron chi connectivity index (χ3n) is 3.15. The molecule has 2 rings (SSSR count). The quantitative estimate of drug-likeness (QED) is 0.917. The largest absolute Gasteiger partial charge is 0.481 e. The number of carboxylic acids is 1. The molecule has 1 aliphatic rings. The van der Waals surface area contributed by atoms with Crippen molar-refractivity contribution >= 4 is 17.6 Å². The fourth-order valence-electron chi connectivity index (χ4n) is 1.95. The van der Waals surface area contributed by atoms with Crippen molar-refractivity contribution < 1.29 is 23.4 Å². The number of halogens is 3. The van der Waals surface area contributed by atoms with E-state index in [1.54, 1.807) is 6.92 Å². The van der Waals surface area contributed by atoms with Crippen molar-refractivity contribution in [2.75, 3.05) is 0 Å². The molecule has 0 aliphatic heterocycles. The zero-order chi connectivity index (χ0) is 13.5. The highest BCUT2D eigenvalue weighted by molar-refractivity contribution is 6.31. The fraction of sp³-hybridized carbons (Fsp3) is 0.417. The van der Waals surface area contributed by atoms with Gasteiger partial charge in [-0.3, -0.25) is 4.79 Å². The van der Waals surface area contributed by atoms with E-state index < -0.39 is 18.0 Å². The normalized spacial score (nSPS) is 16.7. The Morgan fingerprint density at radius 1 is 1.50 bits per heavy atom. The molecular formula is C12H11ClF2O3. The Morgan fingerprint density at radius 2 is 2.11 bits per heavy atom. The minimum Gasteiger partial charge on any atom is -0.481 e. The van der Waals surface area contributed by atoms with Gasteiger partial charge < -0.3 is 9.84 Å². The predicted octanol–water partition coefficient (Wildman–Crippen LogP) is 3.37. The van der Waals surface area contributed by atoms with Crippen LogP contribution in [0.15, 0.2) is 12.1 Å². The Morgan fingerprint density at radius 3 is 2.56 bits per heavy atom. The molecule has 1 saturated carbocycles. The highest BCUT2D eigenvalue weighted by Crippen LogP contribution is 2.52. The predicted molar refractivity (Wildman–Crippen MR) is 61.4 cm³/mol. The van der Waals surface area contributed by atoms with Gasteiger partial charge in [-0.25, -0.2) is 0 Å². The molecule has 0 heterocycles. The van der Waals surface area contributed by atoms with E-state index in [9.17, 15) is 18.7 Å². The van der Waals surface area contributed by atoms with Crippen molar-refractivity contribution in [3.8, 4) is 5.75 Å². The minimum absolute atomic E-state index is 0.105. The van der Waals surface area contributed by atoms with Crippen molar-refractivity contribution in [2.24, 2.45) is 0 Å². The van der Waals surface area contributed by atoms with Crippen LogP contribution < -0.4 is 4.74 Å². The highest BCUT2D eigenvalue weighted by atomic mass is 35.5. The summed E-state index contributed by atoms with van der Waals surface area (Å²) in [5.41, 5.74) is -0.329. The van der Waals surface area contributed by atoms with Crippen LogP contribution in [0.1, 0.15) is 24.0 Å². The van der Waals surface area contributed by atoms with Crippen LogP contribution in [0.4, 0.5) is 8.78 Å². The Balaban J connectivity index is 2.51. The van der Waals surface area contributed by atoms with Gasteiger partial charge in [0.2, 0.25) is 0 Å². The van der Waals surface area contributed by atoms with Gasteiger partial charge in [-0.15, -0.1) is 0 Å². The molecule has 1 aromatic rings. The molecular weight excluding hydrogens is 266 g/mol. The van der Waals surface area contributed by atoms with Gasteiger partial charge in [-0.05, 0) is 37.5 Å². The van der Waals surface area contributed by atoms with Gasteiger partial charge in [-0.1, -0.05) is 11.6 Å². The second-order valence-electron chi connectivity index (χ2n) is 4.36. The number of rotatable bonds is 4. The summed E-state index contributed by atoms with van der Waals surface area (Å²) in [5, 5.41) is 9.54. The molecule has 0 saturated heterocycles. The monoisotopic (exact) mass is 276 g/mol. The number of carbonyl (C=O) groups is 1. The fourth-order valence-corrected chi connectivity index (χ4v) is 2.11. The maximum absolute atomic E-state index is 12.3. The molecule has 1 aliphatic carbocycles. The lowest BCUT2D eigenvalue weighted by Crippen LogP contribution is -2.21. The second-order valence-corrected chi connectivity index (χ2v) is 4.77. The summed E-state index contributed by atoms with van der Waals surface area (Å²) in [6.07, 6.45) is 0.808. The smallest absolute Gasteiger partial charge is 0.387 e. The van der Waals surface area contributed by atoms with Gasteiger partial charge in [-0.2, -0.15) is 8.78 Å². The number of hydrogen-bond acceptors (Lipinski definition) is 2. The summed E-state index contributed by atoms with van der Waals surface area (Å²) in [4.78, 5) is 11.2. The molecule has 0 spiro atoms. The van der Waals surface area contributed by atoms with E-state index in [1.165, 1.54) is 12.1 Å². The van der Waals surface area contributed by atoms with Crippen LogP contribution in [0.5, 0.6) is 5.75 Å². The van der Waals surface area contributed by atoms with Crippen LogP contribution in [-0.2, 0) is 10.2 Å². The topological polar surface area (TPSA) is 46.5 Å². The van der Waals surface area contributed by atoms with E-state index >= 15 is 0 Å². The summed E-state index contributed by atoms with van der Waals surface area (Å²) < 4.78 is 29.1. The van der Waals surface area contributed by atoms with Gasteiger partial charge in [0.1, 0.15) is 5.75 Å². The third-order valence-corrected chi connectivity index (χ3v) is 3.56. The lowest BCUT2D eigenvalue weighted by Gasteiger charge is -2.17. The number of hydrogen-bond donors (Lipinski definition) is 1. The Bertz CT molecular complexity index is 498. The van der Waals surface area contributed by atoms with Crippen molar-refractivity contribution in [1.29, 1.82) is 0 Å². The molecule has 6 heteroatoms. The SMILES string of the molecule is Cc1cc(OC(F)F)c(C2(C(=O)O)CC2)cc1Cl. The van der Waals surface area contributed by atoms with Crippen LogP contribution in [0.25, 0.3) is 0 Å². The van der Waals surface area contributed by atoms with E-state index in [-0.39, 0.29) is 11.3 Å². The van der Waals surface area contributed by atoms with E-state index in [1.807, 2.05) is 0 Å². The van der Waals surface area contributed by atoms with E-state index in [0.717, 1.165) is 0 Å². The van der Waals surface area contributed by atoms with Crippen LogP contribution >= 0.6 is 11.6 Å². The lowest BCUT2D eigenvalue weighted by molar-refractivity contribution is -0.140. The number of carboxylic acid groups (broad SMARTS) is 1. The van der Waals surface area contributed by atoms with Crippen molar-refractivity contribution in [1.82, 2.24) is 0 Å². The van der Waals surface area contributed by atoms with Crippen LogP contribution in [0, 0.1) is 6.92 Å². The first-order valence-electron chi connectivity index (χ1n) is 5.35. The van der Waals surface area contributed by atoms with Crippen LogP contribution in [0.2, 0.25) is 5.02 Å². The van der Waals surface area contributed by atoms with E-state index in [4.69, 9.17) is 11.6 Å². The zero-order valence-corrected chi connectivity index (χ0v) is 10.3. The van der Waals surface area contributed by atoms with Crippen LogP contribution in [-0.4, -0.2) is 17.7 Å². The first-order valence-corrected chi connectivity index (χ1v) is 5.73. The molecule has 0 bridgehead atoms. The molecule has 0 atom stereocenters. The molecule has 0 radical (unpaired) electrons. The van der Waals surface area contributed by atoms with Gasteiger partial charge in [0.05, 0.1) is 5.41 Å². The molecule has 98 valence electrons. The first kappa shape index (κ1) is 13.1. The molecule has 1 N–H and O–H groups in total. The zero-order valence-electron chi connectivity index (χ0n) is 9.54. The molecule has 0 amide bonds. The Hall–Kier alpha value is -1.36. The highest BCUT2D eigenvalue weighted by Gasteiger charge is 2.53. The summed E-state index contributed by atoms with van der Waals surface area (Å²) in [6, 6.07) is 2.77. The third kappa shape index (κ3) is 2.14. The Kier molecular flexibility index (Phi) is 3.19. The number of benzene rings is 1. The number of alkyl halides is 2. The summed E-state index contributed by atoms with van der Waals surface area (Å²) in [6.45, 7) is -1.35. The van der Waals surface area contributed by atoms with Gasteiger partial charge in [0.15, 0.2) is 0 Å². The summed E-state index contributed by atoms with van der Waals surface area (Å²) in [5.74, 6) is -1.15. The average Bonchev–Trinajstić information content (AvgIpc) is 3.03. The van der Waals surface area contributed by atoms with Crippen molar-refractivity contribution in [3.63, 3.8) is 0 Å². The van der Waals surface area contributed by atoms with Gasteiger partial charge >= 0.3 is 12.6 Å². The first-order chi connectivity index (χ1) is 8.36. The summed E-state index contributed by atoms with van der Waals surface area (Å²) in [7, 11) is 0. The van der Waals surface area contributed by atoms with Gasteiger partial charge in [0, 0.05) is 10.6 Å². The number of ether oxygens (including phenoxy) is 1. The number of aliphatic carboxylic acids is 1. The molecule has 18 heavy (non-hydrogen) atoms. The molecule has 0 unspecified atom stereocenters. The van der Waals surface area contributed by atoms with Crippen LogP contribution in [0.3, 0.4) is 0 Å². The lowest BCUT2D eigenvalue weighted by atomic mass is 9.94. The van der Waals surface area contributed by atoms with E-state index in [2.05, 4.69) is 4.74 Å². The summed E-state index contributed by atoms with van der Waals surface area (Å²) >= 11 is 5.92. The minimum atomic E-state index is -2.99. The van der Waals surface area contributed by atoms with Crippen molar-refractivity contribution in [2.45, 2.75) is 31.8 Å². The Labute approximate surface area is 107 Å². The number of aryl methyl sites for hydroxylation is 1. The van der Waals surface area contributed by atoms with Gasteiger partial charge in [0.25, 0.3) is 0 Å². The molecule has 0 aromatic heterocycles. The second kappa shape index (κ2) is 4.39. The maximum atomic E-state index is 12.3. The maximum Gasteiger partial charge on any atom is 0.387 e. The van der Waals surface area contributed by atoms with E-state index in [0.29, 0.717) is 23.4 Å². The molecule has 1 aromatic carbocycles. The average molecular weight is 277 g/mol. The molecule has 1 fully saturated rings.